The highest BCUT2D eigenvalue weighted by Crippen LogP contribution is 2.33. The molecule has 32 heavy (non-hydrogen) atoms. The number of carbonyl (C=O) groups excluding carboxylic acids is 1. The number of fused-ring (bicyclic) bond motifs is 1. The van der Waals surface area contributed by atoms with Crippen LogP contribution in [0.25, 0.3) is 0 Å². The Morgan fingerprint density at radius 3 is 2.72 bits per heavy atom. The van der Waals surface area contributed by atoms with Crippen LogP contribution in [-0.4, -0.2) is 64.9 Å². The molecule has 1 aromatic carbocycles. The van der Waals surface area contributed by atoms with Gasteiger partial charge in [0.15, 0.2) is 17.3 Å². The van der Waals surface area contributed by atoms with Crippen LogP contribution < -0.4 is 14.8 Å². The van der Waals surface area contributed by atoms with E-state index in [1.165, 1.54) is 0 Å². The molecule has 0 radical (unpaired) electrons. The minimum atomic E-state index is -0.836. The number of benzene rings is 1. The number of ether oxygens (including phenoxy) is 2. The number of hydrogen-bond acceptors (Lipinski definition) is 8. The lowest BCUT2D eigenvalue weighted by Crippen LogP contribution is -2.46. The maximum Gasteiger partial charge on any atom is 0.226 e. The summed E-state index contributed by atoms with van der Waals surface area (Å²) in [5.41, 5.74) is 0.713. The van der Waals surface area contributed by atoms with Gasteiger partial charge in [-0.25, -0.2) is 0 Å². The van der Waals surface area contributed by atoms with Gasteiger partial charge in [0.1, 0.15) is 19.3 Å². The smallest absolute Gasteiger partial charge is 0.226 e. The van der Waals surface area contributed by atoms with E-state index in [4.69, 9.17) is 14.0 Å². The summed E-state index contributed by atoms with van der Waals surface area (Å²) in [6.07, 6.45) is 4.01. The van der Waals surface area contributed by atoms with Gasteiger partial charge in [-0.1, -0.05) is 11.2 Å². The first kappa shape index (κ1) is 22.5. The quantitative estimate of drug-likeness (QED) is 0.537. The number of likely N-dealkylation sites (tertiary alicyclic amines) is 1. The van der Waals surface area contributed by atoms with Crippen molar-refractivity contribution < 1.29 is 23.9 Å². The summed E-state index contributed by atoms with van der Waals surface area (Å²) in [5.74, 6) is 2.48. The minimum Gasteiger partial charge on any atom is -0.486 e. The number of amides is 1. The average Bonchev–Trinajstić information content (AvgIpc) is 3.47. The molecule has 174 valence electrons. The van der Waals surface area contributed by atoms with Gasteiger partial charge < -0.3 is 29.3 Å². The Balaban J connectivity index is 1.34. The van der Waals surface area contributed by atoms with Crippen LogP contribution in [0.3, 0.4) is 0 Å². The first-order valence-corrected chi connectivity index (χ1v) is 11.5. The molecule has 2 N–H and O–H groups in total. The summed E-state index contributed by atoms with van der Waals surface area (Å²) in [7, 11) is 0. The van der Waals surface area contributed by atoms with E-state index in [0.29, 0.717) is 67.8 Å². The Morgan fingerprint density at radius 2 is 1.97 bits per heavy atom. The second-order valence-electron chi connectivity index (χ2n) is 8.47. The van der Waals surface area contributed by atoms with E-state index in [2.05, 4.69) is 20.4 Å². The van der Waals surface area contributed by atoms with Crippen molar-refractivity contribution in [1.82, 2.24) is 20.4 Å². The zero-order valence-corrected chi connectivity index (χ0v) is 18.6. The largest absolute Gasteiger partial charge is 0.486 e. The molecule has 0 bridgehead atoms. The summed E-state index contributed by atoms with van der Waals surface area (Å²) >= 11 is 0. The first-order chi connectivity index (χ1) is 15.6. The SMILES string of the molecule is Cc1noc(CCCCC(=O)NC(CN2CCCC2)[C@H](O)c2ccc3c(c2)OCCO3)n1. The normalized spacial score (nSPS) is 17.8. The average molecular weight is 445 g/mol. The van der Waals surface area contributed by atoms with E-state index in [9.17, 15) is 9.90 Å². The van der Waals surface area contributed by atoms with E-state index in [-0.39, 0.29) is 5.91 Å². The van der Waals surface area contributed by atoms with Crippen LogP contribution in [0.5, 0.6) is 11.5 Å². The van der Waals surface area contributed by atoms with Crippen molar-refractivity contribution in [3.05, 3.63) is 35.5 Å². The Hall–Kier alpha value is -2.65. The van der Waals surface area contributed by atoms with Gasteiger partial charge in [0.25, 0.3) is 0 Å². The molecule has 4 rings (SSSR count). The van der Waals surface area contributed by atoms with Crippen molar-refractivity contribution in [1.29, 1.82) is 0 Å². The summed E-state index contributed by atoms with van der Waals surface area (Å²) in [4.78, 5) is 19.2. The molecule has 2 atom stereocenters. The highest BCUT2D eigenvalue weighted by atomic mass is 16.6. The van der Waals surface area contributed by atoms with Gasteiger partial charge in [-0.05, 0) is 63.4 Å². The Morgan fingerprint density at radius 1 is 1.19 bits per heavy atom. The summed E-state index contributed by atoms with van der Waals surface area (Å²) in [5, 5.41) is 18.0. The number of aryl methyl sites for hydroxylation is 2. The Kier molecular flexibility index (Phi) is 7.59. The van der Waals surface area contributed by atoms with Crippen molar-refractivity contribution in [3.63, 3.8) is 0 Å². The van der Waals surface area contributed by atoms with Gasteiger partial charge in [0.05, 0.1) is 6.04 Å². The summed E-state index contributed by atoms with van der Waals surface area (Å²) < 4.78 is 16.4. The molecule has 0 saturated carbocycles. The molecular formula is C23H32N4O5. The molecular weight excluding hydrogens is 412 g/mol. The van der Waals surface area contributed by atoms with Crippen LogP contribution in [0, 0.1) is 6.92 Å². The second-order valence-corrected chi connectivity index (χ2v) is 8.47. The van der Waals surface area contributed by atoms with Crippen LogP contribution in [0.2, 0.25) is 0 Å². The van der Waals surface area contributed by atoms with Gasteiger partial charge in [-0.15, -0.1) is 0 Å². The molecule has 3 heterocycles. The van der Waals surface area contributed by atoms with E-state index in [1.807, 2.05) is 18.2 Å². The number of hydrogen-bond donors (Lipinski definition) is 2. The highest BCUT2D eigenvalue weighted by Gasteiger charge is 2.27. The predicted molar refractivity (Wildman–Crippen MR) is 117 cm³/mol. The van der Waals surface area contributed by atoms with E-state index >= 15 is 0 Å². The van der Waals surface area contributed by atoms with Crippen molar-refractivity contribution in [2.45, 2.75) is 57.6 Å². The molecule has 0 aliphatic carbocycles. The zero-order chi connectivity index (χ0) is 22.3. The molecule has 1 aromatic heterocycles. The topological polar surface area (TPSA) is 110 Å². The van der Waals surface area contributed by atoms with Gasteiger partial charge in [-0.2, -0.15) is 4.98 Å². The van der Waals surface area contributed by atoms with Crippen LogP contribution in [0.15, 0.2) is 22.7 Å². The number of aromatic nitrogens is 2. The van der Waals surface area contributed by atoms with Crippen LogP contribution in [-0.2, 0) is 11.2 Å². The maximum atomic E-state index is 12.7. The fourth-order valence-corrected chi connectivity index (χ4v) is 4.23. The number of unbranched alkanes of at least 4 members (excludes halogenated alkanes) is 1. The highest BCUT2D eigenvalue weighted by molar-refractivity contribution is 5.76. The first-order valence-electron chi connectivity index (χ1n) is 11.5. The third kappa shape index (κ3) is 5.98. The molecule has 2 aliphatic rings. The van der Waals surface area contributed by atoms with Crippen molar-refractivity contribution in [2.75, 3.05) is 32.8 Å². The maximum absolute atomic E-state index is 12.7. The lowest BCUT2D eigenvalue weighted by atomic mass is 10.0. The molecule has 1 amide bonds. The fourth-order valence-electron chi connectivity index (χ4n) is 4.23. The third-order valence-electron chi connectivity index (χ3n) is 5.90. The predicted octanol–water partition coefficient (Wildman–Crippen LogP) is 2.18. The summed E-state index contributed by atoms with van der Waals surface area (Å²) in [6, 6.07) is 5.07. The third-order valence-corrected chi connectivity index (χ3v) is 5.90. The molecule has 2 aromatic rings. The number of aliphatic hydroxyl groups is 1. The van der Waals surface area contributed by atoms with Gasteiger partial charge in [-0.3, -0.25) is 4.79 Å². The van der Waals surface area contributed by atoms with Crippen molar-refractivity contribution in [3.8, 4) is 11.5 Å². The Bertz CT molecular complexity index is 896. The number of carbonyl (C=O) groups is 1. The van der Waals surface area contributed by atoms with Crippen molar-refractivity contribution in [2.24, 2.45) is 0 Å². The second kappa shape index (κ2) is 10.8. The number of nitrogens with zero attached hydrogens (tertiary/aromatic N) is 3. The van der Waals surface area contributed by atoms with Gasteiger partial charge >= 0.3 is 0 Å². The van der Waals surface area contributed by atoms with Crippen LogP contribution in [0.1, 0.15) is 55.5 Å². The van der Waals surface area contributed by atoms with Gasteiger partial charge in [0.2, 0.25) is 11.8 Å². The van der Waals surface area contributed by atoms with E-state index in [1.54, 1.807) is 6.92 Å². The minimum absolute atomic E-state index is 0.0625. The monoisotopic (exact) mass is 444 g/mol. The Labute approximate surface area is 188 Å². The molecule has 1 saturated heterocycles. The lowest BCUT2D eigenvalue weighted by Gasteiger charge is -2.29. The lowest BCUT2D eigenvalue weighted by molar-refractivity contribution is -0.123. The van der Waals surface area contributed by atoms with Crippen LogP contribution >= 0.6 is 0 Å². The zero-order valence-electron chi connectivity index (χ0n) is 18.6. The molecule has 9 nitrogen and oxygen atoms in total. The van der Waals surface area contributed by atoms with Gasteiger partial charge in [0, 0.05) is 19.4 Å². The molecule has 1 unspecified atom stereocenters. The number of aliphatic hydroxyl groups excluding tert-OH is 1. The molecule has 2 aliphatic heterocycles. The molecule has 0 spiro atoms. The molecule has 9 heteroatoms. The number of nitrogens with one attached hydrogen (secondary N) is 1. The van der Waals surface area contributed by atoms with E-state index in [0.717, 1.165) is 32.4 Å². The van der Waals surface area contributed by atoms with E-state index < -0.39 is 12.1 Å². The standard InChI is InChI=1S/C23H32N4O5/c1-16-24-22(32-26-16)7-3-2-6-21(28)25-18(15-27-10-4-5-11-27)23(29)17-8-9-19-20(14-17)31-13-12-30-19/h8-9,14,18,23,29H,2-7,10-13,15H2,1H3,(H,25,28)/t18?,23-/m1/s1. The number of rotatable bonds is 10. The fraction of sp³-hybridized carbons (Fsp3) is 0.609. The molecule has 1 fully saturated rings. The van der Waals surface area contributed by atoms with Crippen LogP contribution in [0.4, 0.5) is 0 Å². The summed E-state index contributed by atoms with van der Waals surface area (Å²) in [6.45, 7) is 5.39. The van der Waals surface area contributed by atoms with Crippen molar-refractivity contribution >= 4 is 5.91 Å².